The van der Waals surface area contributed by atoms with E-state index in [1.54, 1.807) is 12.2 Å². The lowest BCUT2D eigenvalue weighted by Crippen LogP contribution is -2.52. The highest BCUT2D eigenvalue weighted by Gasteiger charge is 2.37. The average molecular weight is 169 g/mol. The summed E-state index contributed by atoms with van der Waals surface area (Å²) in [6.45, 7) is 11.0. The topological polar surface area (TPSA) is 46.2 Å². The van der Waals surface area contributed by atoms with Gasteiger partial charge in [-0.2, -0.15) is 0 Å². The van der Waals surface area contributed by atoms with Crippen LogP contribution in [0.25, 0.3) is 0 Å². The first-order valence-corrected chi connectivity index (χ1v) is 4.10. The molecule has 0 saturated carbocycles. The van der Waals surface area contributed by atoms with Crippen LogP contribution in [0.1, 0.15) is 26.7 Å². The maximum atomic E-state index is 9.83. The molecule has 0 radical (unpaired) electrons. The first-order valence-electron chi connectivity index (χ1n) is 4.10. The number of allylic oxidation sites excluding steroid dienone is 1. The smallest absolute Gasteiger partial charge is 0.122 e. The fourth-order valence-electron chi connectivity index (χ4n) is 1.03. The number of aliphatic hydroxyl groups is 1. The fourth-order valence-corrected chi connectivity index (χ4v) is 1.03. The van der Waals surface area contributed by atoms with Crippen molar-refractivity contribution in [3.8, 4) is 0 Å². The van der Waals surface area contributed by atoms with Gasteiger partial charge in [-0.05, 0) is 6.42 Å². The molecule has 3 N–H and O–H groups in total. The zero-order chi connectivity index (χ0) is 9.83. The Labute approximate surface area is 74.8 Å². The predicted octanol–water partition coefficient (Wildman–Crippen LogP) is 1.81. The summed E-state index contributed by atoms with van der Waals surface area (Å²) in [6.07, 6.45) is 4.48. The third-order valence-electron chi connectivity index (χ3n) is 2.28. The van der Waals surface area contributed by atoms with Crippen LogP contribution in [0.5, 0.6) is 0 Å². The van der Waals surface area contributed by atoms with Crippen LogP contribution in [0.2, 0.25) is 0 Å². The van der Waals surface area contributed by atoms with Gasteiger partial charge in [-0.25, -0.2) is 0 Å². The second kappa shape index (κ2) is 3.87. The molecule has 1 atom stereocenters. The Hall–Kier alpha value is -0.600. The molecule has 2 nitrogen and oxygen atoms in total. The second-order valence-electron chi connectivity index (χ2n) is 3.79. The summed E-state index contributed by atoms with van der Waals surface area (Å²) < 4.78 is 0. The normalized spacial score (nSPS) is 16.7. The van der Waals surface area contributed by atoms with E-state index in [0.29, 0.717) is 12.8 Å². The second-order valence-corrected chi connectivity index (χ2v) is 3.79. The summed E-state index contributed by atoms with van der Waals surface area (Å²) in [7, 11) is 0. The minimum absolute atomic E-state index is 0.358. The van der Waals surface area contributed by atoms with E-state index < -0.39 is 5.72 Å². The number of rotatable bonds is 5. The van der Waals surface area contributed by atoms with Crippen LogP contribution in [-0.4, -0.2) is 10.8 Å². The van der Waals surface area contributed by atoms with Gasteiger partial charge >= 0.3 is 0 Å². The van der Waals surface area contributed by atoms with Crippen molar-refractivity contribution in [1.82, 2.24) is 0 Å². The van der Waals surface area contributed by atoms with Gasteiger partial charge in [0, 0.05) is 11.8 Å². The van der Waals surface area contributed by atoms with Crippen LogP contribution in [0, 0.1) is 5.41 Å². The summed E-state index contributed by atoms with van der Waals surface area (Å²) >= 11 is 0. The molecule has 0 aromatic carbocycles. The maximum Gasteiger partial charge on any atom is 0.122 e. The van der Waals surface area contributed by atoms with E-state index in [1.165, 1.54) is 0 Å². The third-order valence-corrected chi connectivity index (χ3v) is 2.28. The van der Waals surface area contributed by atoms with E-state index >= 15 is 0 Å². The van der Waals surface area contributed by atoms with Crippen LogP contribution in [0.15, 0.2) is 25.3 Å². The maximum absolute atomic E-state index is 9.83. The lowest BCUT2D eigenvalue weighted by atomic mass is 9.77. The fraction of sp³-hybridized carbons (Fsp3) is 0.600. The minimum Gasteiger partial charge on any atom is -0.375 e. The molecule has 0 aliphatic carbocycles. The Morgan fingerprint density at radius 1 is 1.25 bits per heavy atom. The molecule has 0 spiro atoms. The molecule has 0 aliphatic heterocycles. The van der Waals surface area contributed by atoms with Gasteiger partial charge in [0.05, 0.1) is 0 Å². The SMILES string of the molecule is C=CCC(C)(C)C(N)(O)CC=C. The Morgan fingerprint density at radius 3 is 2.00 bits per heavy atom. The van der Waals surface area contributed by atoms with Gasteiger partial charge in [0.15, 0.2) is 0 Å². The van der Waals surface area contributed by atoms with Gasteiger partial charge in [0.2, 0.25) is 0 Å². The van der Waals surface area contributed by atoms with Crippen LogP contribution in [-0.2, 0) is 0 Å². The van der Waals surface area contributed by atoms with Gasteiger partial charge < -0.3 is 10.8 Å². The predicted molar refractivity (Wildman–Crippen MR) is 52.5 cm³/mol. The van der Waals surface area contributed by atoms with Gasteiger partial charge in [0.25, 0.3) is 0 Å². The lowest BCUT2D eigenvalue weighted by molar-refractivity contribution is -0.0580. The van der Waals surface area contributed by atoms with Crippen molar-refractivity contribution in [1.29, 1.82) is 0 Å². The Kier molecular flexibility index (Phi) is 3.68. The highest BCUT2D eigenvalue weighted by atomic mass is 16.3. The van der Waals surface area contributed by atoms with Crippen molar-refractivity contribution < 1.29 is 5.11 Å². The summed E-state index contributed by atoms with van der Waals surface area (Å²) in [5.41, 5.74) is 4.18. The molecule has 0 bridgehead atoms. The molecule has 2 heteroatoms. The quantitative estimate of drug-likeness (QED) is 0.487. The van der Waals surface area contributed by atoms with Gasteiger partial charge in [-0.1, -0.05) is 26.0 Å². The third kappa shape index (κ3) is 2.47. The van der Waals surface area contributed by atoms with E-state index in [9.17, 15) is 5.11 Å². The minimum atomic E-state index is -1.19. The van der Waals surface area contributed by atoms with Crippen LogP contribution in [0.3, 0.4) is 0 Å². The summed E-state index contributed by atoms with van der Waals surface area (Å²) in [4.78, 5) is 0. The monoisotopic (exact) mass is 169 g/mol. The molecule has 0 saturated heterocycles. The molecule has 0 aliphatic rings. The van der Waals surface area contributed by atoms with E-state index in [-0.39, 0.29) is 5.41 Å². The van der Waals surface area contributed by atoms with Gasteiger partial charge in [-0.3, -0.25) is 0 Å². The Morgan fingerprint density at radius 2 is 1.67 bits per heavy atom. The largest absolute Gasteiger partial charge is 0.375 e. The van der Waals surface area contributed by atoms with E-state index in [4.69, 9.17) is 5.73 Å². The van der Waals surface area contributed by atoms with Crippen molar-refractivity contribution in [2.75, 3.05) is 0 Å². The van der Waals surface area contributed by atoms with E-state index in [1.807, 2.05) is 13.8 Å². The lowest BCUT2D eigenvalue weighted by Gasteiger charge is -2.38. The zero-order valence-electron chi connectivity index (χ0n) is 8.01. The Bertz CT molecular complexity index is 151. The highest BCUT2D eigenvalue weighted by molar-refractivity contribution is 4.96. The molecule has 12 heavy (non-hydrogen) atoms. The molecule has 1 unspecified atom stereocenters. The van der Waals surface area contributed by atoms with Crippen LogP contribution >= 0.6 is 0 Å². The molecular weight excluding hydrogens is 150 g/mol. The first-order chi connectivity index (χ1) is 5.37. The number of hydrogen-bond acceptors (Lipinski definition) is 2. The summed E-state index contributed by atoms with van der Waals surface area (Å²) in [5.74, 6) is 0. The standard InChI is InChI=1S/C10H19NO/c1-5-7-9(3,4)10(11,12)8-6-2/h5-6,12H,1-2,7-8,11H2,3-4H3. The average Bonchev–Trinajstić information content (AvgIpc) is 1.86. The molecule has 70 valence electrons. The van der Waals surface area contributed by atoms with Crippen molar-refractivity contribution in [2.45, 2.75) is 32.4 Å². The van der Waals surface area contributed by atoms with Crippen LogP contribution < -0.4 is 5.73 Å². The summed E-state index contributed by atoms with van der Waals surface area (Å²) in [5, 5.41) is 9.83. The number of hydrogen-bond donors (Lipinski definition) is 2. The van der Waals surface area contributed by atoms with Crippen molar-refractivity contribution in [3.05, 3.63) is 25.3 Å². The molecule has 0 amide bonds. The van der Waals surface area contributed by atoms with Crippen molar-refractivity contribution >= 4 is 0 Å². The number of nitrogens with two attached hydrogens (primary N) is 1. The summed E-state index contributed by atoms with van der Waals surface area (Å²) in [6, 6.07) is 0. The van der Waals surface area contributed by atoms with Crippen molar-refractivity contribution in [3.63, 3.8) is 0 Å². The highest BCUT2D eigenvalue weighted by Crippen LogP contribution is 2.33. The first kappa shape index (κ1) is 11.4. The van der Waals surface area contributed by atoms with Crippen molar-refractivity contribution in [2.24, 2.45) is 11.1 Å². The van der Waals surface area contributed by atoms with Gasteiger partial charge in [0.1, 0.15) is 5.72 Å². The molecular formula is C10H19NO. The zero-order valence-corrected chi connectivity index (χ0v) is 8.01. The molecule has 0 fully saturated rings. The molecule has 0 rings (SSSR count). The van der Waals surface area contributed by atoms with Crippen LogP contribution in [0.4, 0.5) is 0 Å². The van der Waals surface area contributed by atoms with E-state index in [2.05, 4.69) is 13.2 Å². The molecule has 0 heterocycles. The molecule has 0 aromatic rings. The van der Waals surface area contributed by atoms with Gasteiger partial charge in [-0.15, -0.1) is 13.2 Å². The molecule has 0 aromatic heterocycles. The van der Waals surface area contributed by atoms with E-state index in [0.717, 1.165) is 0 Å². The Balaban J connectivity index is 4.48.